The van der Waals surface area contributed by atoms with E-state index in [9.17, 15) is 0 Å². The van der Waals surface area contributed by atoms with Crippen molar-refractivity contribution in [2.75, 3.05) is 13.6 Å². The van der Waals surface area contributed by atoms with E-state index in [-0.39, 0.29) is 0 Å². The number of nitrogens with zero attached hydrogens (tertiary/aromatic N) is 1. The van der Waals surface area contributed by atoms with Gasteiger partial charge in [-0.1, -0.05) is 6.08 Å². The second-order valence-corrected chi connectivity index (χ2v) is 2.13. The van der Waals surface area contributed by atoms with Crippen LogP contribution in [0.1, 0.15) is 6.92 Å². The molecule has 1 aliphatic rings. The van der Waals surface area contributed by atoms with Crippen molar-refractivity contribution >= 4 is 0 Å². The van der Waals surface area contributed by atoms with Crippen molar-refractivity contribution in [1.29, 1.82) is 0 Å². The first-order chi connectivity index (χ1) is 3.80. The maximum absolute atomic E-state index is 3.27. The van der Waals surface area contributed by atoms with Crippen LogP contribution >= 0.6 is 0 Å². The molecule has 0 spiro atoms. The lowest BCUT2D eigenvalue weighted by Crippen LogP contribution is -2.41. The van der Waals surface area contributed by atoms with E-state index >= 15 is 0 Å². The van der Waals surface area contributed by atoms with Gasteiger partial charge in [0.1, 0.15) is 0 Å². The van der Waals surface area contributed by atoms with Gasteiger partial charge < -0.3 is 4.90 Å². The normalized spacial score (nSPS) is 28.8. The summed E-state index contributed by atoms with van der Waals surface area (Å²) in [5, 5.41) is 3.27. The summed E-state index contributed by atoms with van der Waals surface area (Å²) < 4.78 is 0. The van der Waals surface area contributed by atoms with E-state index in [2.05, 4.69) is 36.5 Å². The highest BCUT2D eigenvalue weighted by atomic mass is 15.2. The molecule has 1 atom stereocenters. The zero-order valence-electron chi connectivity index (χ0n) is 5.39. The highest BCUT2D eigenvalue weighted by Crippen LogP contribution is 1.95. The second kappa shape index (κ2) is 2.18. The molecule has 0 fully saturated rings. The predicted molar refractivity (Wildman–Crippen MR) is 34.4 cm³/mol. The Morgan fingerprint density at radius 2 is 2.50 bits per heavy atom. The van der Waals surface area contributed by atoms with Gasteiger partial charge in [0, 0.05) is 13.6 Å². The molecule has 1 unspecified atom stereocenters. The van der Waals surface area contributed by atoms with Crippen LogP contribution in [0.25, 0.3) is 0 Å². The molecule has 2 heteroatoms. The van der Waals surface area contributed by atoms with E-state index in [0.29, 0.717) is 6.17 Å². The first-order valence-electron chi connectivity index (χ1n) is 2.92. The topological polar surface area (TPSA) is 15.3 Å². The van der Waals surface area contributed by atoms with E-state index in [4.69, 9.17) is 0 Å². The Kier molecular flexibility index (Phi) is 1.53. The lowest BCUT2D eigenvalue weighted by Gasteiger charge is -2.27. The molecule has 1 aliphatic heterocycles. The average Bonchev–Trinajstić information content (AvgIpc) is 1.77. The van der Waals surface area contributed by atoms with Crippen molar-refractivity contribution < 1.29 is 0 Å². The van der Waals surface area contributed by atoms with Gasteiger partial charge in [-0.3, -0.25) is 5.32 Å². The summed E-state index contributed by atoms with van der Waals surface area (Å²) in [4.78, 5) is 2.14. The van der Waals surface area contributed by atoms with Crippen LogP contribution in [-0.2, 0) is 0 Å². The molecule has 0 bridgehead atoms. The quantitative estimate of drug-likeness (QED) is 0.487. The molecule has 0 aromatic rings. The smallest absolute Gasteiger partial charge is 0.0760 e. The van der Waals surface area contributed by atoms with E-state index < -0.39 is 0 Å². The maximum Gasteiger partial charge on any atom is 0.0760 e. The molecule has 1 rings (SSSR count). The zero-order chi connectivity index (χ0) is 5.98. The molecule has 0 saturated carbocycles. The Balaban J connectivity index is 2.47. The van der Waals surface area contributed by atoms with Crippen molar-refractivity contribution in [2.24, 2.45) is 0 Å². The van der Waals surface area contributed by atoms with Gasteiger partial charge >= 0.3 is 0 Å². The van der Waals surface area contributed by atoms with Crippen LogP contribution in [-0.4, -0.2) is 24.7 Å². The van der Waals surface area contributed by atoms with Gasteiger partial charge in [0.15, 0.2) is 0 Å². The fourth-order valence-electron chi connectivity index (χ4n) is 0.731. The molecule has 0 saturated heterocycles. The third-order valence-electron chi connectivity index (χ3n) is 1.48. The molecule has 46 valence electrons. The maximum atomic E-state index is 3.27. The summed E-state index contributed by atoms with van der Waals surface area (Å²) in [6.45, 7) is 3.15. The Morgan fingerprint density at radius 1 is 1.75 bits per heavy atom. The van der Waals surface area contributed by atoms with Crippen molar-refractivity contribution in [3.8, 4) is 0 Å². The average molecular weight is 112 g/mol. The lowest BCUT2D eigenvalue weighted by atomic mass is 10.4. The van der Waals surface area contributed by atoms with Crippen molar-refractivity contribution in [2.45, 2.75) is 13.1 Å². The molecule has 0 aliphatic carbocycles. The first-order valence-corrected chi connectivity index (χ1v) is 2.92. The largest absolute Gasteiger partial charge is 0.366 e. The SMILES string of the molecule is CC1NCC=CN1C. The van der Waals surface area contributed by atoms with Crippen LogP contribution in [0.5, 0.6) is 0 Å². The molecular formula is C6H12N2. The van der Waals surface area contributed by atoms with Crippen LogP contribution in [0.15, 0.2) is 12.3 Å². The zero-order valence-corrected chi connectivity index (χ0v) is 5.39. The molecule has 0 amide bonds. The second-order valence-electron chi connectivity index (χ2n) is 2.13. The van der Waals surface area contributed by atoms with Crippen molar-refractivity contribution in [3.05, 3.63) is 12.3 Å². The number of hydrogen-bond acceptors (Lipinski definition) is 2. The Labute approximate surface area is 50.2 Å². The van der Waals surface area contributed by atoms with E-state index in [1.54, 1.807) is 0 Å². The summed E-state index contributed by atoms with van der Waals surface area (Å²) >= 11 is 0. The fraction of sp³-hybridized carbons (Fsp3) is 0.667. The molecule has 2 nitrogen and oxygen atoms in total. The van der Waals surface area contributed by atoms with E-state index in [0.717, 1.165) is 6.54 Å². The highest BCUT2D eigenvalue weighted by Gasteiger charge is 2.04. The third-order valence-corrected chi connectivity index (χ3v) is 1.48. The third kappa shape index (κ3) is 1.01. The molecule has 8 heavy (non-hydrogen) atoms. The van der Waals surface area contributed by atoms with Gasteiger partial charge in [-0.25, -0.2) is 0 Å². The standard InChI is InChI=1S/C6H12N2/c1-6-7-4-3-5-8(6)2/h3,5-7H,4H2,1-2H3. The molecule has 0 aromatic carbocycles. The molecular weight excluding hydrogens is 100 g/mol. The summed E-state index contributed by atoms with van der Waals surface area (Å²) in [6, 6.07) is 0. The minimum Gasteiger partial charge on any atom is -0.366 e. The van der Waals surface area contributed by atoms with Gasteiger partial charge in [-0.05, 0) is 13.1 Å². The Morgan fingerprint density at radius 3 is 2.88 bits per heavy atom. The van der Waals surface area contributed by atoms with Gasteiger partial charge in [0.05, 0.1) is 6.17 Å². The minimum atomic E-state index is 0.500. The van der Waals surface area contributed by atoms with Gasteiger partial charge in [0.25, 0.3) is 0 Å². The van der Waals surface area contributed by atoms with Crippen molar-refractivity contribution in [1.82, 2.24) is 10.2 Å². The molecule has 1 N–H and O–H groups in total. The molecule has 0 aromatic heterocycles. The number of nitrogens with one attached hydrogen (secondary N) is 1. The highest BCUT2D eigenvalue weighted by molar-refractivity contribution is 4.89. The van der Waals surface area contributed by atoms with Crippen LogP contribution in [0.3, 0.4) is 0 Å². The number of rotatable bonds is 0. The lowest BCUT2D eigenvalue weighted by molar-refractivity contribution is 0.290. The van der Waals surface area contributed by atoms with Crippen LogP contribution in [0.4, 0.5) is 0 Å². The molecule has 0 radical (unpaired) electrons. The Bertz CT molecular complexity index is 98.7. The summed E-state index contributed by atoms with van der Waals surface area (Å²) in [5.41, 5.74) is 0. The monoisotopic (exact) mass is 112 g/mol. The van der Waals surface area contributed by atoms with E-state index in [1.807, 2.05) is 0 Å². The predicted octanol–water partition coefficient (Wildman–Crippen LogP) is 0.381. The summed E-state index contributed by atoms with van der Waals surface area (Å²) in [7, 11) is 2.06. The van der Waals surface area contributed by atoms with Crippen LogP contribution in [0, 0.1) is 0 Å². The van der Waals surface area contributed by atoms with Gasteiger partial charge in [0.2, 0.25) is 0 Å². The van der Waals surface area contributed by atoms with Gasteiger partial charge in [-0.2, -0.15) is 0 Å². The fourth-order valence-corrected chi connectivity index (χ4v) is 0.731. The van der Waals surface area contributed by atoms with Crippen molar-refractivity contribution in [3.63, 3.8) is 0 Å². The van der Waals surface area contributed by atoms with Gasteiger partial charge in [-0.15, -0.1) is 0 Å². The minimum absolute atomic E-state index is 0.500. The number of hydrogen-bond donors (Lipinski definition) is 1. The van der Waals surface area contributed by atoms with Crippen LogP contribution in [0.2, 0.25) is 0 Å². The summed E-state index contributed by atoms with van der Waals surface area (Å²) in [6.07, 6.45) is 4.71. The Hall–Kier alpha value is -0.500. The molecule has 1 heterocycles. The van der Waals surface area contributed by atoms with E-state index in [1.165, 1.54) is 0 Å². The van der Waals surface area contributed by atoms with Crippen LogP contribution < -0.4 is 5.32 Å². The first kappa shape index (κ1) is 5.63. The summed E-state index contributed by atoms with van der Waals surface area (Å²) in [5.74, 6) is 0.